The van der Waals surface area contributed by atoms with Crippen molar-refractivity contribution in [2.45, 2.75) is 38.5 Å². The number of hydrogen-bond acceptors (Lipinski definition) is 0. The lowest BCUT2D eigenvalue weighted by Gasteiger charge is -2.30. The van der Waals surface area contributed by atoms with Crippen LogP contribution in [0.15, 0.2) is 170 Å². The molecule has 0 heteroatoms. The van der Waals surface area contributed by atoms with Crippen molar-refractivity contribution in [1.29, 1.82) is 0 Å². The molecule has 0 aliphatic heterocycles. The van der Waals surface area contributed by atoms with Crippen LogP contribution in [-0.4, -0.2) is 0 Å². The fourth-order valence-corrected chi connectivity index (χ4v) is 10.4. The molecule has 0 amide bonds. The summed E-state index contributed by atoms with van der Waals surface area (Å²) in [7, 11) is 0. The van der Waals surface area contributed by atoms with Crippen molar-refractivity contribution in [3.8, 4) is 55.6 Å². The Kier molecular flexibility index (Phi) is 6.46. The first kappa shape index (κ1) is 31.3. The SMILES string of the molecule is CC1(C)c2ccccc2-c2ccc3c(c21)C(C)(C)c1ccc(-c2cc(-c4c5ccccc5c(-c5ccccc5)c5ccccc45)c4ccccc4c2)cc1-3. The highest BCUT2D eigenvalue weighted by Gasteiger charge is 2.45. The van der Waals surface area contributed by atoms with Crippen molar-refractivity contribution in [3.05, 3.63) is 192 Å². The summed E-state index contributed by atoms with van der Waals surface area (Å²) >= 11 is 0. The summed E-state index contributed by atoms with van der Waals surface area (Å²) in [6, 6.07) is 63.7. The van der Waals surface area contributed by atoms with E-state index < -0.39 is 0 Å². The molecule has 0 fully saturated rings. The molecule has 0 unspecified atom stereocenters. The molecule has 0 N–H and O–H groups in total. The predicted octanol–water partition coefficient (Wildman–Crippen LogP) is 14.8. The lowest BCUT2D eigenvalue weighted by Crippen LogP contribution is -2.24. The van der Waals surface area contributed by atoms with E-state index in [4.69, 9.17) is 0 Å². The molecule has 9 aromatic rings. The highest BCUT2D eigenvalue weighted by molar-refractivity contribution is 6.23. The fourth-order valence-electron chi connectivity index (χ4n) is 10.4. The normalized spacial score (nSPS) is 14.6. The molecule has 2 aliphatic carbocycles. The Hall–Kier alpha value is -6.24. The highest BCUT2D eigenvalue weighted by Crippen LogP contribution is 2.59. The summed E-state index contributed by atoms with van der Waals surface area (Å²) in [4.78, 5) is 0. The maximum absolute atomic E-state index is 2.48. The molecular formula is C54H40. The molecule has 0 radical (unpaired) electrons. The number of fused-ring (bicyclic) bond motifs is 10. The molecule has 11 rings (SSSR count). The maximum Gasteiger partial charge on any atom is 0.0162 e. The van der Waals surface area contributed by atoms with E-state index in [9.17, 15) is 0 Å². The molecule has 0 saturated carbocycles. The Balaban J connectivity index is 1.15. The van der Waals surface area contributed by atoms with Crippen LogP contribution in [0.25, 0.3) is 88.0 Å². The Morgan fingerprint density at radius 2 is 0.796 bits per heavy atom. The van der Waals surface area contributed by atoms with Crippen LogP contribution in [0, 0.1) is 0 Å². The smallest absolute Gasteiger partial charge is 0.0162 e. The van der Waals surface area contributed by atoms with Gasteiger partial charge in [-0.1, -0.05) is 179 Å². The summed E-state index contributed by atoms with van der Waals surface area (Å²) in [6.45, 7) is 9.69. The van der Waals surface area contributed by atoms with Gasteiger partial charge in [0.1, 0.15) is 0 Å². The van der Waals surface area contributed by atoms with Gasteiger partial charge in [0.25, 0.3) is 0 Å². The zero-order valence-corrected chi connectivity index (χ0v) is 31.2. The third-order valence-corrected chi connectivity index (χ3v) is 12.8. The van der Waals surface area contributed by atoms with E-state index in [2.05, 4.69) is 198 Å². The van der Waals surface area contributed by atoms with Crippen LogP contribution in [0.2, 0.25) is 0 Å². The third-order valence-electron chi connectivity index (χ3n) is 12.8. The molecule has 0 aromatic heterocycles. The molecule has 9 aromatic carbocycles. The Morgan fingerprint density at radius 1 is 0.296 bits per heavy atom. The van der Waals surface area contributed by atoms with Crippen LogP contribution < -0.4 is 0 Å². The minimum absolute atomic E-state index is 0.0612. The Labute approximate surface area is 317 Å². The highest BCUT2D eigenvalue weighted by atomic mass is 14.5. The van der Waals surface area contributed by atoms with Crippen molar-refractivity contribution in [2.24, 2.45) is 0 Å². The van der Waals surface area contributed by atoms with Crippen LogP contribution in [0.3, 0.4) is 0 Å². The quantitative estimate of drug-likeness (QED) is 0.162. The largest absolute Gasteiger partial charge is 0.0622 e. The van der Waals surface area contributed by atoms with Crippen molar-refractivity contribution in [1.82, 2.24) is 0 Å². The number of rotatable bonds is 3. The molecule has 0 nitrogen and oxygen atoms in total. The number of hydrogen-bond donors (Lipinski definition) is 0. The molecule has 0 spiro atoms. The molecular weight excluding hydrogens is 649 g/mol. The van der Waals surface area contributed by atoms with E-state index in [1.54, 1.807) is 0 Å². The van der Waals surface area contributed by atoms with Crippen LogP contribution in [0.1, 0.15) is 49.9 Å². The van der Waals surface area contributed by atoms with Gasteiger partial charge >= 0.3 is 0 Å². The average molecular weight is 689 g/mol. The molecule has 0 bridgehead atoms. The summed E-state index contributed by atoms with van der Waals surface area (Å²) < 4.78 is 0. The topological polar surface area (TPSA) is 0 Å². The minimum atomic E-state index is -0.110. The molecule has 0 saturated heterocycles. The van der Waals surface area contributed by atoms with E-state index in [1.807, 2.05) is 0 Å². The van der Waals surface area contributed by atoms with Gasteiger partial charge in [0, 0.05) is 10.8 Å². The van der Waals surface area contributed by atoms with Gasteiger partial charge in [-0.25, -0.2) is 0 Å². The van der Waals surface area contributed by atoms with E-state index in [-0.39, 0.29) is 10.8 Å². The second kappa shape index (κ2) is 11.1. The lowest BCUT2D eigenvalue weighted by molar-refractivity contribution is 0.601. The van der Waals surface area contributed by atoms with Crippen molar-refractivity contribution in [2.75, 3.05) is 0 Å². The van der Waals surface area contributed by atoms with Gasteiger partial charge in [-0.2, -0.15) is 0 Å². The Bertz CT molecular complexity index is 2970. The van der Waals surface area contributed by atoms with E-state index >= 15 is 0 Å². The maximum atomic E-state index is 2.48. The number of benzene rings is 9. The summed E-state index contributed by atoms with van der Waals surface area (Å²) in [5, 5.41) is 7.64. The summed E-state index contributed by atoms with van der Waals surface area (Å²) in [5.41, 5.74) is 18.8. The standard InChI is InChI=1S/C54H40/c1-53(2)47-25-15-14-20-38(47)43-27-28-44-45-31-34(26-29-48(45)54(3,4)52(44)51(43)53)36-30-35-18-8-9-19-37(35)46(32-36)50-41-23-12-10-21-39(41)49(33-16-6-5-7-17-33)40-22-11-13-24-42(40)50/h5-32H,1-4H3. The Morgan fingerprint density at radius 3 is 1.46 bits per heavy atom. The van der Waals surface area contributed by atoms with Crippen LogP contribution in [-0.2, 0) is 10.8 Å². The van der Waals surface area contributed by atoms with E-state index in [0.29, 0.717) is 0 Å². The van der Waals surface area contributed by atoms with Gasteiger partial charge in [0.2, 0.25) is 0 Å². The van der Waals surface area contributed by atoms with Gasteiger partial charge in [-0.15, -0.1) is 0 Å². The van der Waals surface area contributed by atoms with Crippen molar-refractivity contribution >= 4 is 32.3 Å². The minimum Gasteiger partial charge on any atom is -0.0622 e. The van der Waals surface area contributed by atoms with Gasteiger partial charge in [0.15, 0.2) is 0 Å². The first-order valence-corrected chi connectivity index (χ1v) is 19.3. The molecule has 256 valence electrons. The lowest BCUT2D eigenvalue weighted by atomic mass is 9.72. The van der Waals surface area contributed by atoms with Gasteiger partial charge in [-0.05, 0) is 128 Å². The average Bonchev–Trinajstić information content (AvgIpc) is 3.58. The molecule has 2 aliphatic rings. The fraction of sp³-hybridized carbons (Fsp3) is 0.111. The van der Waals surface area contributed by atoms with Gasteiger partial charge in [0.05, 0.1) is 0 Å². The second-order valence-corrected chi connectivity index (χ2v) is 16.4. The van der Waals surface area contributed by atoms with Crippen LogP contribution in [0.5, 0.6) is 0 Å². The first-order chi connectivity index (χ1) is 26.3. The monoisotopic (exact) mass is 688 g/mol. The van der Waals surface area contributed by atoms with Gasteiger partial charge < -0.3 is 0 Å². The second-order valence-electron chi connectivity index (χ2n) is 16.4. The zero-order chi connectivity index (χ0) is 36.3. The van der Waals surface area contributed by atoms with Crippen LogP contribution in [0.4, 0.5) is 0 Å². The predicted molar refractivity (Wildman–Crippen MR) is 230 cm³/mol. The summed E-state index contributed by atoms with van der Waals surface area (Å²) in [6.07, 6.45) is 0. The summed E-state index contributed by atoms with van der Waals surface area (Å²) in [5.74, 6) is 0. The van der Waals surface area contributed by atoms with Crippen molar-refractivity contribution < 1.29 is 0 Å². The zero-order valence-electron chi connectivity index (χ0n) is 31.2. The van der Waals surface area contributed by atoms with Crippen molar-refractivity contribution in [3.63, 3.8) is 0 Å². The first-order valence-electron chi connectivity index (χ1n) is 19.3. The van der Waals surface area contributed by atoms with Gasteiger partial charge in [-0.3, -0.25) is 0 Å². The molecule has 54 heavy (non-hydrogen) atoms. The third kappa shape index (κ3) is 4.20. The molecule has 0 atom stereocenters. The van der Waals surface area contributed by atoms with E-state index in [1.165, 1.54) is 110 Å². The van der Waals surface area contributed by atoms with E-state index in [0.717, 1.165) is 0 Å². The molecule has 0 heterocycles. The van der Waals surface area contributed by atoms with Crippen LogP contribution >= 0.6 is 0 Å².